The normalized spacial score (nSPS) is 10.0. The van der Waals surface area contributed by atoms with Crippen molar-refractivity contribution >= 4 is 17.9 Å². The average Bonchev–Trinajstić information content (AvgIpc) is 2.62. The second-order valence-corrected chi connectivity index (χ2v) is 5.24. The molecule has 25 heavy (non-hydrogen) atoms. The third-order valence-electron chi connectivity index (χ3n) is 3.45. The molecule has 0 spiro atoms. The Morgan fingerprint density at radius 3 is 2.28 bits per heavy atom. The Balaban J connectivity index is 1.93. The SMILES string of the molecule is CCOC(=O)Oc1ccc(NC(=O)N(CC)Cc2ccccc2)cc1. The van der Waals surface area contributed by atoms with Crippen LogP contribution >= 0.6 is 0 Å². The first-order chi connectivity index (χ1) is 12.1. The van der Waals surface area contributed by atoms with E-state index in [0.717, 1.165) is 5.56 Å². The Labute approximate surface area is 147 Å². The number of nitrogens with one attached hydrogen (secondary N) is 1. The standard InChI is InChI=1S/C19H22N2O4/c1-3-21(14-15-8-6-5-7-9-15)18(22)20-16-10-12-17(13-11-16)25-19(23)24-4-2/h5-13H,3-4,14H2,1-2H3,(H,20,22). The molecule has 0 aromatic heterocycles. The summed E-state index contributed by atoms with van der Waals surface area (Å²) in [5, 5.41) is 2.83. The summed E-state index contributed by atoms with van der Waals surface area (Å²) in [5.74, 6) is 0.355. The quantitative estimate of drug-likeness (QED) is 0.628. The molecule has 0 bridgehead atoms. The molecule has 2 aromatic carbocycles. The van der Waals surface area contributed by atoms with Crippen molar-refractivity contribution in [2.24, 2.45) is 0 Å². The van der Waals surface area contributed by atoms with Crippen LogP contribution in [0.2, 0.25) is 0 Å². The number of anilines is 1. The molecule has 0 aliphatic rings. The van der Waals surface area contributed by atoms with Gasteiger partial charge in [0.2, 0.25) is 0 Å². The number of ether oxygens (including phenoxy) is 2. The van der Waals surface area contributed by atoms with Crippen molar-refractivity contribution in [3.05, 3.63) is 60.2 Å². The number of urea groups is 1. The maximum Gasteiger partial charge on any atom is 0.513 e. The van der Waals surface area contributed by atoms with Gasteiger partial charge in [0.15, 0.2) is 0 Å². The highest BCUT2D eigenvalue weighted by Crippen LogP contribution is 2.17. The van der Waals surface area contributed by atoms with Crippen molar-refractivity contribution in [1.82, 2.24) is 4.90 Å². The smallest absolute Gasteiger partial charge is 0.434 e. The van der Waals surface area contributed by atoms with E-state index in [9.17, 15) is 9.59 Å². The number of nitrogens with zero attached hydrogens (tertiary/aromatic N) is 1. The van der Waals surface area contributed by atoms with Gasteiger partial charge in [-0.2, -0.15) is 0 Å². The van der Waals surface area contributed by atoms with E-state index in [1.165, 1.54) is 0 Å². The van der Waals surface area contributed by atoms with Gasteiger partial charge in [-0.15, -0.1) is 0 Å². The van der Waals surface area contributed by atoms with E-state index in [-0.39, 0.29) is 12.6 Å². The predicted octanol–water partition coefficient (Wildman–Crippen LogP) is 4.28. The van der Waals surface area contributed by atoms with Crippen LogP contribution in [-0.4, -0.2) is 30.2 Å². The molecular formula is C19H22N2O4. The van der Waals surface area contributed by atoms with Crippen LogP contribution in [0, 0.1) is 0 Å². The van der Waals surface area contributed by atoms with Crippen molar-refractivity contribution in [3.8, 4) is 5.75 Å². The van der Waals surface area contributed by atoms with Crippen LogP contribution in [0.5, 0.6) is 5.75 Å². The number of hydrogen-bond acceptors (Lipinski definition) is 4. The third kappa shape index (κ3) is 5.84. The van der Waals surface area contributed by atoms with Crippen LogP contribution in [-0.2, 0) is 11.3 Å². The summed E-state index contributed by atoms with van der Waals surface area (Å²) in [5.41, 5.74) is 1.69. The molecule has 6 nitrogen and oxygen atoms in total. The number of amides is 2. The second kappa shape index (κ2) is 9.32. The number of benzene rings is 2. The van der Waals surface area contributed by atoms with E-state index in [0.29, 0.717) is 24.5 Å². The summed E-state index contributed by atoms with van der Waals surface area (Å²) in [6.45, 7) is 5.01. The highest BCUT2D eigenvalue weighted by Gasteiger charge is 2.12. The van der Waals surface area contributed by atoms with Crippen molar-refractivity contribution in [2.75, 3.05) is 18.5 Å². The van der Waals surface area contributed by atoms with E-state index in [1.54, 1.807) is 36.1 Å². The van der Waals surface area contributed by atoms with Crippen LogP contribution in [0.15, 0.2) is 54.6 Å². The summed E-state index contributed by atoms with van der Waals surface area (Å²) in [4.78, 5) is 25.4. The van der Waals surface area contributed by atoms with Crippen molar-refractivity contribution in [1.29, 1.82) is 0 Å². The third-order valence-corrected chi connectivity index (χ3v) is 3.45. The van der Waals surface area contributed by atoms with Crippen LogP contribution in [0.1, 0.15) is 19.4 Å². The minimum absolute atomic E-state index is 0.189. The van der Waals surface area contributed by atoms with E-state index in [4.69, 9.17) is 9.47 Å². The number of carbonyl (C=O) groups is 2. The zero-order valence-corrected chi connectivity index (χ0v) is 14.4. The molecule has 0 atom stereocenters. The van der Waals surface area contributed by atoms with Crippen LogP contribution in [0.3, 0.4) is 0 Å². The van der Waals surface area contributed by atoms with Gasteiger partial charge in [0.25, 0.3) is 0 Å². The molecule has 0 heterocycles. The topological polar surface area (TPSA) is 67.9 Å². The molecule has 1 N–H and O–H groups in total. The first-order valence-electron chi connectivity index (χ1n) is 8.17. The molecule has 0 aliphatic carbocycles. The number of hydrogen-bond donors (Lipinski definition) is 1. The first-order valence-corrected chi connectivity index (χ1v) is 8.17. The summed E-state index contributed by atoms with van der Waals surface area (Å²) in [7, 11) is 0. The van der Waals surface area contributed by atoms with Gasteiger partial charge in [0.05, 0.1) is 6.61 Å². The van der Waals surface area contributed by atoms with Gasteiger partial charge in [0.1, 0.15) is 5.75 Å². The second-order valence-electron chi connectivity index (χ2n) is 5.24. The maximum absolute atomic E-state index is 12.4. The Kier molecular flexibility index (Phi) is 6.83. The highest BCUT2D eigenvalue weighted by molar-refractivity contribution is 5.89. The molecule has 132 valence electrons. The fraction of sp³-hybridized carbons (Fsp3) is 0.263. The van der Waals surface area contributed by atoms with Gasteiger partial charge in [-0.25, -0.2) is 9.59 Å². The molecule has 0 saturated heterocycles. The Morgan fingerprint density at radius 2 is 1.68 bits per heavy atom. The molecule has 2 amide bonds. The summed E-state index contributed by atoms with van der Waals surface area (Å²) in [6.07, 6.45) is -0.751. The van der Waals surface area contributed by atoms with Crippen molar-refractivity contribution < 1.29 is 19.1 Å². The molecule has 0 saturated carbocycles. The highest BCUT2D eigenvalue weighted by atomic mass is 16.7. The molecular weight excluding hydrogens is 320 g/mol. The lowest BCUT2D eigenvalue weighted by Crippen LogP contribution is -2.34. The summed E-state index contributed by atoms with van der Waals surface area (Å²) in [6, 6.07) is 16.2. The molecule has 2 rings (SSSR count). The predicted molar refractivity (Wildman–Crippen MR) is 95.6 cm³/mol. The summed E-state index contributed by atoms with van der Waals surface area (Å²) < 4.78 is 9.68. The van der Waals surface area contributed by atoms with Gasteiger partial charge in [-0.3, -0.25) is 0 Å². The largest absolute Gasteiger partial charge is 0.513 e. The van der Waals surface area contributed by atoms with Gasteiger partial charge in [-0.05, 0) is 43.7 Å². The van der Waals surface area contributed by atoms with Crippen molar-refractivity contribution in [2.45, 2.75) is 20.4 Å². The fourth-order valence-electron chi connectivity index (χ4n) is 2.18. The van der Waals surface area contributed by atoms with E-state index in [1.807, 2.05) is 37.3 Å². The van der Waals surface area contributed by atoms with E-state index >= 15 is 0 Å². The zero-order chi connectivity index (χ0) is 18.1. The molecule has 0 radical (unpaired) electrons. The van der Waals surface area contributed by atoms with Gasteiger partial charge >= 0.3 is 12.2 Å². The lowest BCUT2D eigenvalue weighted by molar-refractivity contribution is 0.104. The van der Waals surface area contributed by atoms with Crippen LogP contribution < -0.4 is 10.1 Å². The van der Waals surface area contributed by atoms with E-state index < -0.39 is 6.16 Å². The molecule has 2 aromatic rings. The van der Waals surface area contributed by atoms with Crippen LogP contribution in [0.4, 0.5) is 15.3 Å². The number of carbonyl (C=O) groups excluding carboxylic acids is 2. The van der Waals surface area contributed by atoms with E-state index in [2.05, 4.69) is 5.32 Å². The number of rotatable bonds is 6. The van der Waals surface area contributed by atoms with Crippen LogP contribution in [0.25, 0.3) is 0 Å². The molecule has 0 unspecified atom stereocenters. The molecule has 0 fully saturated rings. The van der Waals surface area contributed by atoms with Gasteiger partial charge in [-0.1, -0.05) is 30.3 Å². The maximum atomic E-state index is 12.4. The monoisotopic (exact) mass is 342 g/mol. The average molecular weight is 342 g/mol. The molecule has 0 aliphatic heterocycles. The Bertz CT molecular complexity index is 686. The Morgan fingerprint density at radius 1 is 1.00 bits per heavy atom. The lowest BCUT2D eigenvalue weighted by Gasteiger charge is -2.21. The Hall–Kier alpha value is -3.02. The summed E-state index contributed by atoms with van der Waals surface area (Å²) >= 11 is 0. The van der Waals surface area contributed by atoms with Crippen molar-refractivity contribution in [3.63, 3.8) is 0 Å². The first kappa shape index (κ1) is 18.3. The fourth-order valence-corrected chi connectivity index (χ4v) is 2.18. The zero-order valence-electron chi connectivity index (χ0n) is 14.4. The minimum Gasteiger partial charge on any atom is -0.434 e. The molecule has 6 heteroatoms. The van der Waals surface area contributed by atoms with Gasteiger partial charge < -0.3 is 19.7 Å². The van der Waals surface area contributed by atoms with Gasteiger partial charge in [0, 0.05) is 18.8 Å². The minimum atomic E-state index is -0.751. The lowest BCUT2D eigenvalue weighted by atomic mass is 10.2.